The minimum Gasteiger partial charge on any atom is -0.325 e. The number of aromatic nitrogens is 2. The van der Waals surface area contributed by atoms with Gasteiger partial charge in [0, 0.05) is 18.2 Å². The lowest BCUT2D eigenvalue weighted by Gasteiger charge is -2.36. The Kier molecular flexibility index (Phi) is 7.13. The van der Waals surface area contributed by atoms with Crippen LogP contribution in [0.3, 0.4) is 0 Å². The Hall–Kier alpha value is -1.85. The summed E-state index contributed by atoms with van der Waals surface area (Å²) < 4.78 is 2.12. The highest BCUT2D eigenvalue weighted by molar-refractivity contribution is 6.33. The molecule has 0 radical (unpaired) electrons. The monoisotopic (exact) mass is 402 g/mol. The number of likely N-dealkylation sites (tertiary alicyclic amines) is 1. The van der Waals surface area contributed by atoms with Crippen molar-refractivity contribution in [1.82, 2.24) is 14.7 Å². The number of nitrogens with zero attached hydrogens (tertiary/aromatic N) is 3. The van der Waals surface area contributed by atoms with Crippen LogP contribution in [-0.2, 0) is 11.3 Å². The number of aryl methyl sites for hydroxylation is 2. The molecule has 1 aromatic heterocycles. The molecule has 5 nitrogen and oxygen atoms in total. The van der Waals surface area contributed by atoms with E-state index in [9.17, 15) is 4.79 Å². The Bertz CT molecular complexity index is 796. The zero-order valence-electron chi connectivity index (χ0n) is 17.1. The molecule has 1 aliphatic heterocycles. The Morgan fingerprint density at radius 3 is 2.64 bits per heavy atom. The largest absolute Gasteiger partial charge is 0.325 e. The van der Waals surface area contributed by atoms with Crippen LogP contribution in [0.25, 0.3) is 0 Å². The first-order valence-corrected chi connectivity index (χ1v) is 10.6. The second kappa shape index (κ2) is 9.57. The molecule has 6 heteroatoms. The SMILES string of the molecule is Cc1cc(C)n(C[C@@H](C)N2CCC(CCC(=O)Nc3ccccc3Cl)CC2)n1. The lowest BCUT2D eigenvalue weighted by Crippen LogP contribution is -2.42. The van der Waals surface area contributed by atoms with Gasteiger partial charge in [-0.05, 0) is 77.2 Å². The van der Waals surface area contributed by atoms with Gasteiger partial charge in [0.25, 0.3) is 0 Å². The van der Waals surface area contributed by atoms with Crippen LogP contribution in [0.4, 0.5) is 5.69 Å². The number of anilines is 1. The molecule has 0 bridgehead atoms. The van der Waals surface area contributed by atoms with Crippen LogP contribution in [0.15, 0.2) is 30.3 Å². The number of amides is 1. The Morgan fingerprint density at radius 1 is 1.29 bits per heavy atom. The van der Waals surface area contributed by atoms with Gasteiger partial charge < -0.3 is 5.32 Å². The molecule has 3 rings (SSSR count). The fourth-order valence-corrected chi connectivity index (χ4v) is 4.20. The maximum Gasteiger partial charge on any atom is 0.224 e. The first-order chi connectivity index (χ1) is 13.4. The number of halogens is 1. The fourth-order valence-electron chi connectivity index (χ4n) is 4.02. The quantitative estimate of drug-likeness (QED) is 0.731. The van der Waals surface area contributed by atoms with Crippen LogP contribution in [0.1, 0.15) is 44.0 Å². The highest BCUT2D eigenvalue weighted by Crippen LogP contribution is 2.25. The van der Waals surface area contributed by atoms with Crippen LogP contribution in [-0.4, -0.2) is 39.7 Å². The topological polar surface area (TPSA) is 50.2 Å². The van der Waals surface area contributed by atoms with Crippen LogP contribution in [0, 0.1) is 19.8 Å². The van der Waals surface area contributed by atoms with E-state index in [2.05, 4.69) is 39.9 Å². The number of carbonyl (C=O) groups excluding carboxylic acids is 1. The van der Waals surface area contributed by atoms with Crippen LogP contribution in [0.5, 0.6) is 0 Å². The number of hydrogen-bond acceptors (Lipinski definition) is 3. The summed E-state index contributed by atoms with van der Waals surface area (Å²) in [5.41, 5.74) is 3.00. The van der Waals surface area contributed by atoms with Crippen LogP contribution in [0.2, 0.25) is 5.02 Å². The summed E-state index contributed by atoms with van der Waals surface area (Å²) in [6.45, 7) is 9.57. The second-order valence-corrected chi connectivity index (χ2v) is 8.41. The molecule has 1 aliphatic rings. The molecular formula is C22H31ClN4O. The molecule has 28 heavy (non-hydrogen) atoms. The van der Waals surface area contributed by atoms with Gasteiger partial charge in [-0.25, -0.2) is 0 Å². The molecule has 1 N–H and O–H groups in total. The first-order valence-electron chi connectivity index (χ1n) is 10.2. The third-order valence-corrected chi connectivity index (χ3v) is 6.07. The fraction of sp³-hybridized carbons (Fsp3) is 0.545. The molecule has 1 aromatic carbocycles. The average Bonchev–Trinajstić information content (AvgIpc) is 2.99. The van der Waals surface area contributed by atoms with Crippen LogP contribution < -0.4 is 5.32 Å². The molecule has 0 spiro atoms. The van der Waals surface area contributed by atoms with Gasteiger partial charge in [-0.2, -0.15) is 5.10 Å². The maximum atomic E-state index is 12.2. The van der Waals surface area contributed by atoms with Crippen molar-refractivity contribution >= 4 is 23.2 Å². The zero-order chi connectivity index (χ0) is 20.1. The summed E-state index contributed by atoms with van der Waals surface area (Å²) in [6.07, 6.45) is 3.80. The van der Waals surface area contributed by atoms with Crippen molar-refractivity contribution < 1.29 is 4.79 Å². The van der Waals surface area contributed by atoms with Crippen LogP contribution >= 0.6 is 11.6 Å². The van der Waals surface area contributed by atoms with Crippen molar-refractivity contribution in [3.05, 3.63) is 46.7 Å². The summed E-state index contributed by atoms with van der Waals surface area (Å²) in [4.78, 5) is 14.8. The number of nitrogens with one attached hydrogen (secondary N) is 1. The summed E-state index contributed by atoms with van der Waals surface area (Å²) in [5.74, 6) is 0.669. The smallest absolute Gasteiger partial charge is 0.224 e. The lowest BCUT2D eigenvalue weighted by molar-refractivity contribution is -0.116. The summed E-state index contributed by atoms with van der Waals surface area (Å²) in [7, 11) is 0. The van der Waals surface area contributed by atoms with E-state index in [4.69, 9.17) is 11.6 Å². The molecule has 0 unspecified atom stereocenters. The van der Waals surface area contributed by atoms with E-state index in [0.717, 1.165) is 44.6 Å². The van der Waals surface area contributed by atoms with E-state index in [1.807, 2.05) is 25.1 Å². The Labute approximate surface area is 173 Å². The minimum atomic E-state index is 0.0495. The second-order valence-electron chi connectivity index (χ2n) is 8.00. The van der Waals surface area contributed by atoms with Crippen molar-refractivity contribution in [2.24, 2.45) is 5.92 Å². The summed E-state index contributed by atoms with van der Waals surface area (Å²) in [6, 6.07) is 9.98. The molecule has 1 atom stereocenters. The van der Waals surface area contributed by atoms with Gasteiger partial charge in [-0.1, -0.05) is 23.7 Å². The normalized spacial score (nSPS) is 16.9. The van der Waals surface area contributed by atoms with Gasteiger partial charge in [0.1, 0.15) is 0 Å². The van der Waals surface area contributed by atoms with E-state index >= 15 is 0 Å². The van der Waals surface area contributed by atoms with E-state index in [-0.39, 0.29) is 5.91 Å². The number of benzene rings is 1. The van der Waals surface area contributed by atoms with Gasteiger partial charge in [0.15, 0.2) is 0 Å². The van der Waals surface area contributed by atoms with Gasteiger partial charge >= 0.3 is 0 Å². The number of piperidine rings is 1. The number of hydrogen-bond donors (Lipinski definition) is 1. The maximum absolute atomic E-state index is 12.2. The van der Waals surface area contributed by atoms with E-state index in [0.29, 0.717) is 29.1 Å². The predicted molar refractivity (Wildman–Crippen MR) is 115 cm³/mol. The van der Waals surface area contributed by atoms with Gasteiger partial charge in [0.05, 0.1) is 22.9 Å². The average molecular weight is 403 g/mol. The highest BCUT2D eigenvalue weighted by Gasteiger charge is 2.24. The number of para-hydroxylation sites is 1. The molecule has 1 amide bonds. The third-order valence-electron chi connectivity index (χ3n) is 5.74. The molecule has 0 saturated carbocycles. The van der Waals surface area contributed by atoms with Crippen molar-refractivity contribution in [3.8, 4) is 0 Å². The third kappa shape index (κ3) is 5.58. The summed E-state index contributed by atoms with van der Waals surface area (Å²) >= 11 is 6.11. The molecule has 0 aliphatic carbocycles. The van der Waals surface area contributed by atoms with Gasteiger partial charge in [-0.15, -0.1) is 0 Å². The van der Waals surface area contributed by atoms with E-state index < -0.39 is 0 Å². The molecule has 1 saturated heterocycles. The number of rotatable bonds is 7. The Balaban J connectivity index is 1.39. The number of carbonyl (C=O) groups is 1. The van der Waals surface area contributed by atoms with Crippen molar-refractivity contribution in [2.75, 3.05) is 18.4 Å². The predicted octanol–water partition coefficient (Wildman–Crippen LogP) is 4.67. The molecule has 1 fully saturated rings. The standard InChI is InChI=1S/C22H31ClN4O/c1-16-14-17(2)27(25-16)15-18(3)26-12-10-19(11-13-26)8-9-22(28)24-21-7-5-4-6-20(21)23/h4-7,14,18-19H,8-13,15H2,1-3H3,(H,24,28)/t18-/m1/s1. The summed E-state index contributed by atoms with van der Waals surface area (Å²) in [5, 5.41) is 8.09. The van der Waals surface area contributed by atoms with E-state index in [1.165, 1.54) is 5.69 Å². The zero-order valence-corrected chi connectivity index (χ0v) is 17.9. The van der Waals surface area contributed by atoms with Gasteiger partial charge in [0.2, 0.25) is 5.91 Å². The van der Waals surface area contributed by atoms with Crippen molar-refractivity contribution in [3.63, 3.8) is 0 Å². The van der Waals surface area contributed by atoms with Crippen molar-refractivity contribution in [1.29, 1.82) is 0 Å². The lowest BCUT2D eigenvalue weighted by atomic mass is 9.91. The first kappa shape index (κ1) is 20.9. The molecular weight excluding hydrogens is 372 g/mol. The van der Waals surface area contributed by atoms with Gasteiger partial charge in [-0.3, -0.25) is 14.4 Å². The van der Waals surface area contributed by atoms with Crippen molar-refractivity contribution in [2.45, 2.75) is 59.0 Å². The molecule has 152 valence electrons. The minimum absolute atomic E-state index is 0.0495. The van der Waals surface area contributed by atoms with E-state index in [1.54, 1.807) is 6.07 Å². The molecule has 2 aromatic rings. The highest BCUT2D eigenvalue weighted by atomic mass is 35.5. The Morgan fingerprint density at radius 2 is 2.00 bits per heavy atom. The molecule has 2 heterocycles.